The van der Waals surface area contributed by atoms with Crippen LogP contribution >= 0.6 is 11.8 Å². The van der Waals surface area contributed by atoms with Gasteiger partial charge in [-0.05, 0) is 66.7 Å². The predicted octanol–water partition coefficient (Wildman–Crippen LogP) is 4.33. The van der Waals surface area contributed by atoms with Crippen molar-refractivity contribution in [1.29, 1.82) is 0 Å². The highest BCUT2D eigenvalue weighted by atomic mass is 32.2. The molecule has 0 radical (unpaired) electrons. The van der Waals surface area contributed by atoms with Crippen LogP contribution in [0.5, 0.6) is 11.5 Å². The van der Waals surface area contributed by atoms with Crippen molar-refractivity contribution in [3.8, 4) is 11.5 Å². The quantitative estimate of drug-likeness (QED) is 0.747. The molecule has 6 heteroatoms. The van der Waals surface area contributed by atoms with E-state index in [9.17, 15) is 9.59 Å². The van der Waals surface area contributed by atoms with Gasteiger partial charge in [-0.1, -0.05) is 12.1 Å². The van der Waals surface area contributed by atoms with E-state index in [0.29, 0.717) is 22.9 Å². The van der Waals surface area contributed by atoms with E-state index in [1.807, 2.05) is 31.2 Å². The van der Waals surface area contributed by atoms with Crippen LogP contribution in [0.3, 0.4) is 0 Å². The normalized spacial score (nSPS) is 15.8. The molecule has 0 aromatic heterocycles. The maximum Gasteiger partial charge on any atom is 0.298 e. The van der Waals surface area contributed by atoms with Crippen LogP contribution in [-0.4, -0.2) is 24.9 Å². The van der Waals surface area contributed by atoms with E-state index < -0.39 is 0 Å². The van der Waals surface area contributed by atoms with Crippen molar-refractivity contribution in [2.24, 2.45) is 0 Å². The summed E-state index contributed by atoms with van der Waals surface area (Å²) < 4.78 is 10.5. The number of carbonyl (C=O) groups is 2. The van der Waals surface area contributed by atoms with Crippen LogP contribution in [0.2, 0.25) is 0 Å². The Hall–Kier alpha value is -2.73. The zero-order chi connectivity index (χ0) is 17.8. The van der Waals surface area contributed by atoms with Gasteiger partial charge in [0.1, 0.15) is 11.5 Å². The summed E-state index contributed by atoms with van der Waals surface area (Å²) >= 11 is 0.932. The van der Waals surface area contributed by atoms with Crippen molar-refractivity contribution in [1.82, 2.24) is 0 Å². The van der Waals surface area contributed by atoms with Crippen molar-refractivity contribution in [3.05, 3.63) is 59.0 Å². The molecule has 0 spiro atoms. The van der Waals surface area contributed by atoms with Crippen molar-refractivity contribution in [3.63, 3.8) is 0 Å². The first-order chi connectivity index (χ1) is 12.1. The fraction of sp³-hybridized carbons (Fsp3) is 0.158. The van der Waals surface area contributed by atoms with E-state index in [1.54, 1.807) is 37.5 Å². The van der Waals surface area contributed by atoms with Crippen LogP contribution in [0.25, 0.3) is 6.08 Å². The smallest absolute Gasteiger partial charge is 0.298 e. The largest absolute Gasteiger partial charge is 0.497 e. The number of thioether (sulfide) groups is 1. The predicted molar refractivity (Wildman–Crippen MR) is 99.1 cm³/mol. The van der Waals surface area contributed by atoms with Gasteiger partial charge >= 0.3 is 0 Å². The molecule has 2 aromatic carbocycles. The van der Waals surface area contributed by atoms with Gasteiger partial charge in [0.2, 0.25) is 0 Å². The number of nitrogens with zero attached hydrogens (tertiary/aromatic N) is 1. The van der Waals surface area contributed by atoms with Gasteiger partial charge in [0, 0.05) is 0 Å². The molecule has 0 saturated carbocycles. The minimum Gasteiger partial charge on any atom is -0.497 e. The Kier molecular flexibility index (Phi) is 5.09. The van der Waals surface area contributed by atoms with Crippen LogP contribution in [0, 0.1) is 0 Å². The summed E-state index contributed by atoms with van der Waals surface area (Å²) in [6.07, 6.45) is 1.71. The summed E-state index contributed by atoms with van der Waals surface area (Å²) in [4.78, 5) is 26.4. The highest BCUT2D eigenvalue weighted by Crippen LogP contribution is 2.36. The maximum atomic E-state index is 12.6. The minimum absolute atomic E-state index is 0.313. The molecule has 128 valence electrons. The number of hydrogen-bond acceptors (Lipinski definition) is 5. The first kappa shape index (κ1) is 17.1. The molecule has 5 nitrogen and oxygen atoms in total. The maximum absolute atomic E-state index is 12.6. The first-order valence-electron chi connectivity index (χ1n) is 7.77. The monoisotopic (exact) mass is 355 g/mol. The summed E-state index contributed by atoms with van der Waals surface area (Å²) in [6.45, 7) is 2.52. The zero-order valence-corrected chi connectivity index (χ0v) is 14.7. The molecule has 0 unspecified atom stereocenters. The Morgan fingerprint density at radius 1 is 1.00 bits per heavy atom. The van der Waals surface area contributed by atoms with Crippen LogP contribution < -0.4 is 14.4 Å². The first-order valence-corrected chi connectivity index (χ1v) is 8.59. The molecule has 0 N–H and O–H groups in total. The third kappa shape index (κ3) is 3.69. The number of rotatable bonds is 5. The summed E-state index contributed by atoms with van der Waals surface area (Å²) in [7, 11) is 1.56. The SMILES string of the molecule is CCOc1ccc(/C=C2\SC(=O)N(c3ccc(OC)cc3)C2=O)cc1. The number of anilines is 1. The Morgan fingerprint density at radius 2 is 1.64 bits per heavy atom. The lowest BCUT2D eigenvalue weighted by Crippen LogP contribution is -2.27. The van der Waals surface area contributed by atoms with Crippen LogP contribution in [0.1, 0.15) is 12.5 Å². The molecule has 2 aromatic rings. The average Bonchev–Trinajstić information content (AvgIpc) is 2.90. The Morgan fingerprint density at radius 3 is 2.24 bits per heavy atom. The van der Waals surface area contributed by atoms with E-state index in [4.69, 9.17) is 9.47 Å². The molecule has 1 fully saturated rings. The number of ether oxygens (including phenoxy) is 2. The number of amides is 2. The van der Waals surface area contributed by atoms with Gasteiger partial charge in [0.25, 0.3) is 11.1 Å². The van der Waals surface area contributed by atoms with Gasteiger partial charge in [0.15, 0.2) is 0 Å². The molecule has 25 heavy (non-hydrogen) atoms. The fourth-order valence-corrected chi connectivity index (χ4v) is 3.24. The van der Waals surface area contributed by atoms with Crippen molar-refractivity contribution >= 4 is 34.7 Å². The molecular formula is C19H17NO4S. The molecule has 0 aliphatic carbocycles. The molecule has 1 aliphatic rings. The lowest BCUT2D eigenvalue weighted by Gasteiger charge is -2.12. The van der Waals surface area contributed by atoms with Gasteiger partial charge in [-0.3, -0.25) is 9.59 Å². The third-order valence-electron chi connectivity index (χ3n) is 3.61. The van der Waals surface area contributed by atoms with Gasteiger partial charge in [-0.2, -0.15) is 0 Å². The topological polar surface area (TPSA) is 55.8 Å². The van der Waals surface area contributed by atoms with Crippen molar-refractivity contribution in [2.45, 2.75) is 6.92 Å². The number of benzene rings is 2. The molecule has 1 saturated heterocycles. The minimum atomic E-state index is -0.325. The number of imide groups is 1. The van der Waals surface area contributed by atoms with Crippen LogP contribution in [-0.2, 0) is 4.79 Å². The summed E-state index contributed by atoms with van der Waals surface area (Å²) in [5, 5.41) is -0.313. The van der Waals surface area contributed by atoms with E-state index >= 15 is 0 Å². The van der Waals surface area contributed by atoms with E-state index in [-0.39, 0.29) is 11.1 Å². The standard InChI is InChI=1S/C19H17NO4S/c1-3-24-16-8-4-13(5-9-16)12-17-18(21)20(19(22)25-17)14-6-10-15(23-2)11-7-14/h4-12H,3H2,1-2H3/b17-12-. The van der Waals surface area contributed by atoms with Crippen LogP contribution in [0.4, 0.5) is 10.5 Å². The van der Waals surface area contributed by atoms with Gasteiger partial charge in [-0.15, -0.1) is 0 Å². The average molecular weight is 355 g/mol. The zero-order valence-electron chi connectivity index (χ0n) is 13.9. The lowest BCUT2D eigenvalue weighted by atomic mass is 10.2. The molecule has 1 aliphatic heterocycles. The van der Waals surface area contributed by atoms with Gasteiger partial charge in [0.05, 0.1) is 24.3 Å². The van der Waals surface area contributed by atoms with E-state index in [0.717, 1.165) is 23.1 Å². The molecule has 3 rings (SSSR count). The van der Waals surface area contributed by atoms with Crippen LogP contribution in [0.15, 0.2) is 53.4 Å². The van der Waals surface area contributed by atoms with Crippen molar-refractivity contribution < 1.29 is 19.1 Å². The molecular weight excluding hydrogens is 338 g/mol. The summed E-state index contributed by atoms with van der Waals surface area (Å²) in [5.74, 6) is 1.11. The van der Waals surface area contributed by atoms with E-state index in [1.165, 1.54) is 4.90 Å². The lowest BCUT2D eigenvalue weighted by molar-refractivity contribution is -0.113. The second-order valence-corrected chi connectivity index (χ2v) is 6.21. The van der Waals surface area contributed by atoms with Gasteiger partial charge < -0.3 is 9.47 Å². The highest BCUT2D eigenvalue weighted by Gasteiger charge is 2.36. The second kappa shape index (κ2) is 7.44. The Balaban J connectivity index is 1.82. The second-order valence-electron chi connectivity index (χ2n) is 5.22. The van der Waals surface area contributed by atoms with Crippen molar-refractivity contribution in [2.75, 3.05) is 18.6 Å². The third-order valence-corrected chi connectivity index (χ3v) is 4.48. The molecule has 0 bridgehead atoms. The fourth-order valence-electron chi connectivity index (χ4n) is 2.40. The number of hydrogen-bond donors (Lipinski definition) is 0. The number of carbonyl (C=O) groups excluding carboxylic acids is 2. The molecule has 1 heterocycles. The van der Waals surface area contributed by atoms with E-state index in [2.05, 4.69) is 0 Å². The van der Waals surface area contributed by atoms with Gasteiger partial charge in [-0.25, -0.2) is 4.90 Å². The summed E-state index contributed by atoms with van der Waals surface area (Å²) in [6, 6.07) is 14.2. The number of methoxy groups -OCH3 is 1. The highest BCUT2D eigenvalue weighted by molar-refractivity contribution is 8.19. The Bertz CT molecular complexity index is 812. The summed E-state index contributed by atoms with van der Waals surface area (Å²) in [5.41, 5.74) is 1.36. The molecule has 0 atom stereocenters. The Labute approximate surface area is 150 Å². The molecule has 2 amide bonds.